The number of fused-ring (bicyclic) bond motifs is 1. The third kappa shape index (κ3) is 6.06. The van der Waals surface area contributed by atoms with Gasteiger partial charge in [-0.3, -0.25) is 14.2 Å². The third-order valence-corrected chi connectivity index (χ3v) is 5.90. The van der Waals surface area contributed by atoms with Crippen molar-refractivity contribution in [3.8, 4) is 0 Å². The van der Waals surface area contributed by atoms with Gasteiger partial charge in [0.2, 0.25) is 5.91 Å². The van der Waals surface area contributed by atoms with Crippen molar-refractivity contribution >= 4 is 40.2 Å². The number of nitrogens with one attached hydrogen (secondary N) is 1. The standard InChI is InChI=1S/C22H23ClFN3O3S/c1-14(15-4-7-17(24)8-5-15)25-20(28)13-31-22-26-19-12-16(23)6-9-18(19)21(29)27(22)10-3-11-30-2/h4-9,12,14H,3,10-11,13H2,1-2H3,(H,25,28). The van der Waals surface area contributed by atoms with Gasteiger partial charge in [-0.1, -0.05) is 35.5 Å². The zero-order valence-corrected chi connectivity index (χ0v) is 18.8. The van der Waals surface area contributed by atoms with Crippen LogP contribution in [0.2, 0.25) is 5.02 Å². The number of aromatic nitrogens is 2. The number of hydrogen-bond acceptors (Lipinski definition) is 5. The van der Waals surface area contributed by atoms with Crippen LogP contribution in [0.4, 0.5) is 4.39 Å². The minimum Gasteiger partial charge on any atom is -0.385 e. The average molecular weight is 464 g/mol. The predicted octanol–water partition coefficient (Wildman–Crippen LogP) is 4.20. The van der Waals surface area contributed by atoms with Crippen molar-refractivity contribution < 1.29 is 13.9 Å². The second kappa shape index (κ2) is 10.7. The van der Waals surface area contributed by atoms with Crippen molar-refractivity contribution in [1.82, 2.24) is 14.9 Å². The van der Waals surface area contributed by atoms with Gasteiger partial charge < -0.3 is 10.1 Å². The fourth-order valence-electron chi connectivity index (χ4n) is 3.10. The number of nitrogens with zero attached hydrogens (tertiary/aromatic N) is 2. The molecule has 0 bridgehead atoms. The zero-order valence-electron chi connectivity index (χ0n) is 17.2. The minimum absolute atomic E-state index is 0.0777. The van der Waals surface area contributed by atoms with Crippen LogP contribution < -0.4 is 10.9 Å². The Morgan fingerprint density at radius 1 is 1.29 bits per heavy atom. The maximum absolute atomic E-state index is 13.1. The average Bonchev–Trinajstić information content (AvgIpc) is 2.74. The van der Waals surface area contributed by atoms with E-state index in [0.29, 0.717) is 40.7 Å². The Balaban J connectivity index is 1.77. The van der Waals surface area contributed by atoms with E-state index in [1.54, 1.807) is 42.0 Å². The molecule has 0 saturated carbocycles. The van der Waals surface area contributed by atoms with Crippen molar-refractivity contribution in [3.05, 3.63) is 69.2 Å². The minimum atomic E-state index is -0.327. The van der Waals surface area contributed by atoms with Crippen LogP contribution in [0.1, 0.15) is 24.9 Å². The van der Waals surface area contributed by atoms with E-state index in [4.69, 9.17) is 16.3 Å². The molecule has 0 aliphatic heterocycles. The van der Waals surface area contributed by atoms with Gasteiger partial charge in [-0.15, -0.1) is 0 Å². The topological polar surface area (TPSA) is 73.2 Å². The molecule has 1 amide bonds. The van der Waals surface area contributed by atoms with Gasteiger partial charge in [0.05, 0.1) is 22.7 Å². The van der Waals surface area contributed by atoms with Crippen LogP contribution in [0.15, 0.2) is 52.4 Å². The van der Waals surface area contributed by atoms with Gasteiger partial charge in [0.1, 0.15) is 5.82 Å². The van der Waals surface area contributed by atoms with Gasteiger partial charge >= 0.3 is 0 Å². The molecular formula is C22H23ClFN3O3S. The van der Waals surface area contributed by atoms with E-state index < -0.39 is 0 Å². The van der Waals surface area contributed by atoms with Crippen molar-refractivity contribution in [2.24, 2.45) is 0 Å². The van der Waals surface area contributed by atoms with Crippen LogP contribution in [0, 0.1) is 5.82 Å². The molecule has 0 aliphatic rings. The van der Waals surface area contributed by atoms with Crippen LogP contribution in [-0.2, 0) is 16.1 Å². The first kappa shape index (κ1) is 23.2. The van der Waals surface area contributed by atoms with Crippen molar-refractivity contribution in [2.45, 2.75) is 31.1 Å². The highest BCUT2D eigenvalue weighted by molar-refractivity contribution is 7.99. The monoisotopic (exact) mass is 463 g/mol. The number of carbonyl (C=O) groups is 1. The van der Waals surface area contributed by atoms with E-state index in [1.807, 2.05) is 6.92 Å². The van der Waals surface area contributed by atoms with E-state index in [-0.39, 0.29) is 29.1 Å². The maximum atomic E-state index is 13.1. The van der Waals surface area contributed by atoms with Crippen LogP contribution in [0.3, 0.4) is 0 Å². The second-order valence-corrected chi connectivity index (χ2v) is 8.37. The molecule has 6 nitrogen and oxygen atoms in total. The van der Waals surface area contributed by atoms with Crippen LogP contribution in [-0.4, -0.2) is 34.9 Å². The van der Waals surface area contributed by atoms with E-state index >= 15 is 0 Å². The summed E-state index contributed by atoms with van der Waals surface area (Å²) >= 11 is 7.24. The van der Waals surface area contributed by atoms with E-state index in [9.17, 15) is 14.0 Å². The molecule has 164 valence electrons. The first-order chi connectivity index (χ1) is 14.9. The molecule has 1 atom stereocenters. The number of methoxy groups -OCH3 is 1. The first-order valence-corrected chi connectivity index (χ1v) is 11.1. The lowest BCUT2D eigenvalue weighted by atomic mass is 10.1. The first-order valence-electron chi connectivity index (χ1n) is 9.75. The summed E-state index contributed by atoms with van der Waals surface area (Å²) in [6.45, 7) is 2.76. The summed E-state index contributed by atoms with van der Waals surface area (Å²) in [5, 5.41) is 4.28. The van der Waals surface area contributed by atoms with E-state index in [0.717, 1.165) is 5.56 Å². The number of hydrogen-bond donors (Lipinski definition) is 1. The van der Waals surface area contributed by atoms with Crippen molar-refractivity contribution in [1.29, 1.82) is 0 Å². The number of ether oxygens (including phenoxy) is 1. The molecule has 0 aliphatic carbocycles. The molecule has 0 saturated heterocycles. The number of carbonyl (C=O) groups excluding carboxylic acids is 1. The van der Waals surface area contributed by atoms with Gasteiger partial charge in [-0.25, -0.2) is 9.37 Å². The quantitative estimate of drug-likeness (QED) is 0.292. The summed E-state index contributed by atoms with van der Waals surface area (Å²) in [6.07, 6.45) is 0.637. The molecule has 0 spiro atoms. The van der Waals surface area contributed by atoms with Gasteiger partial charge in [-0.2, -0.15) is 0 Å². The number of amides is 1. The fourth-order valence-corrected chi connectivity index (χ4v) is 4.10. The molecular weight excluding hydrogens is 441 g/mol. The molecule has 0 fully saturated rings. The largest absolute Gasteiger partial charge is 0.385 e. The molecule has 31 heavy (non-hydrogen) atoms. The van der Waals surface area contributed by atoms with Crippen LogP contribution in [0.5, 0.6) is 0 Å². The molecule has 3 aromatic rings. The SMILES string of the molecule is COCCCn1c(SCC(=O)NC(C)c2ccc(F)cc2)nc2cc(Cl)ccc2c1=O. The van der Waals surface area contributed by atoms with Gasteiger partial charge in [-0.05, 0) is 49.2 Å². The Morgan fingerprint density at radius 3 is 2.74 bits per heavy atom. The fraction of sp³-hybridized carbons (Fsp3) is 0.318. The molecule has 3 rings (SSSR count). The van der Waals surface area contributed by atoms with Crippen LogP contribution >= 0.6 is 23.4 Å². The summed E-state index contributed by atoms with van der Waals surface area (Å²) in [6, 6.07) is 10.7. The highest BCUT2D eigenvalue weighted by atomic mass is 35.5. The Kier molecular flexibility index (Phi) is 8.06. The summed E-state index contributed by atoms with van der Waals surface area (Å²) in [4.78, 5) is 30.0. The predicted molar refractivity (Wildman–Crippen MR) is 121 cm³/mol. The maximum Gasteiger partial charge on any atom is 0.262 e. The number of halogens is 2. The highest BCUT2D eigenvalue weighted by Gasteiger charge is 2.15. The van der Waals surface area contributed by atoms with Gasteiger partial charge in [0.15, 0.2) is 5.16 Å². The zero-order chi connectivity index (χ0) is 22.4. The number of thioether (sulfide) groups is 1. The molecule has 0 radical (unpaired) electrons. The Hall–Kier alpha value is -2.42. The summed E-state index contributed by atoms with van der Waals surface area (Å²) < 4.78 is 19.8. The molecule has 1 heterocycles. The smallest absolute Gasteiger partial charge is 0.262 e. The normalized spacial score (nSPS) is 12.1. The number of rotatable bonds is 9. The lowest BCUT2D eigenvalue weighted by molar-refractivity contribution is -0.119. The summed E-state index contributed by atoms with van der Waals surface area (Å²) in [5.74, 6) is -0.466. The van der Waals surface area contributed by atoms with Crippen LogP contribution in [0.25, 0.3) is 10.9 Å². The van der Waals surface area contributed by atoms with Gasteiger partial charge in [0.25, 0.3) is 5.56 Å². The van der Waals surface area contributed by atoms with Crippen molar-refractivity contribution in [2.75, 3.05) is 19.5 Å². The summed E-state index contributed by atoms with van der Waals surface area (Å²) in [5.41, 5.74) is 1.11. The second-order valence-electron chi connectivity index (χ2n) is 6.99. The highest BCUT2D eigenvalue weighted by Crippen LogP contribution is 2.21. The van der Waals surface area contributed by atoms with Crippen molar-refractivity contribution in [3.63, 3.8) is 0 Å². The Labute approximate surface area is 188 Å². The lowest BCUT2D eigenvalue weighted by Crippen LogP contribution is -2.29. The molecule has 1 unspecified atom stereocenters. The summed E-state index contributed by atoms with van der Waals surface area (Å²) in [7, 11) is 1.60. The van der Waals surface area contributed by atoms with E-state index in [1.165, 1.54) is 23.9 Å². The van der Waals surface area contributed by atoms with Gasteiger partial charge in [0, 0.05) is 25.3 Å². The molecule has 1 aromatic heterocycles. The number of benzene rings is 2. The molecule has 2 aromatic carbocycles. The lowest BCUT2D eigenvalue weighted by Gasteiger charge is -2.15. The Morgan fingerprint density at radius 2 is 2.03 bits per heavy atom. The van der Waals surface area contributed by atoms with E-state index in [2.05, 4.69) is 10.3 Å². The molecule has 1 N–H and O–H groups in total. The Bertz CT molecular complexity index is 1120. The molecule has 9 heteroatoms. The third-order valence-electron chi connectivity index (χ3n) is 4.69.